The van der Waals surface area contributed by atoms with Gasteiger partial charge in [0.1, 0.15) is 17.2 Å². The van der Waals surface area contributed by atoms with Gasteiger partial charge in [-0.25, -0.2) is 4.39 Å². The molecule has 0 aliphatic heterocycles. The Balaban J connectivity index is 2.57. The normalized spacial score (nSPS) is 17.8. The molecule has 1 aromatic rings. The van der Waals surface area contributed by atoms with Crippen LogP contribution in [0, 0.1) is 0 Å². The van der Waals surface area contributed by atoms with E-state index >= 15 is 0 Å². The first-order valence-electron chi connectivity index (χ1n) is 6.56. The Morgan fingerprint density at radius 3 is 2.11 bits per heavy atom. The molecule has 2 N–H and O–H groups in total. The molecule has 1 fully saturated rings. The van der Waals surface area contributed by atoms with Crippen LogP contribution in [0.1, 0.15) is 44.2 Å². The summed E-state index contributed by atoms with van der Waals surface area (Å²) in [5.41, 5.74) is 5.90. The molecular formula is C15H22FNO2. The zero-order chi connectivity index (χ0) is 14.3. The van der Waals surface area contributed by atoms with E-state index in [4.69, 9.17) is 15.2 Å². The van der Waals surface area contributed by atoms with Crippen molar-refractivity contribution in [1.29, 1.82) is 0 Å². The average molecular weight is 267 g/mol. The Morgan fingerprint density at radius 2 is 1.74 bits per heavy atom. The number of alkyl halides is 1. The van der Waals surface area contributed by atoms with Crippen molar-refractivity contribution in [3.63, 3.8) is 0 Å². The van der Waals surface area contributed by atoms with Crippen LogP contribution in [-0.4, -0.2) is 14.2 Å². The number of halogens is 1. The molecule has 2 rings (SSSR count). The highest BCUT2D eigenvalue weighted by Crippen LogP contribution is 2.46. The summed E-state index contributed by atoms with van der Waals surface area (Å²) in [6.45, 7) is 3.01. The van der Waals surface area contributed by atoms with E-state index in [2.05, 4.69) is 0 Å². The Labute approximate surface area is 113 Å². The SMILES string of the molecule is COc1cc(C2(N)CCC2)c(OC)cc1C(C)(C)F. The van der Waals surface area contributed by atoms with Gasteiger partial charge in [-0.15, -0.1) is 0 Å². The molecule has 1 aromatic carbocycles. The van der Waals surface area contributed by atoms with Gasteiger partial charge < -0.3 is 15.2 Å². The van der Waals surface area contributed by atoms with Crippen LogP contribution in [-0.2, 0) is 11.2 Å². The summed E-state index contributed by atoms with van der Waals surface area (Å²) in [5, 5.41) is 0. The molecule has 0 atom stereocenters. The maximum Gasteiger partial charge on any atom is 0.134 e. The first-order chi connectivity index (χ1) is 8.81. The fourth-order valence-electron chi connectivity index (χ4n) is 2.58. The van der Waals surface area contributed by atoms with E-state index < -0.39 is 5.67 Å². The summed E-state index contributed by atoms with van der Waals surface area (Å²) in [5.74, 6) is 1.17. The summed E-state index contributed by atoms with van der Waals surface area (Å²) in [4.78, 5) is 0. The van der Waals surface area contributed by atoms with Crippen molar-refractivity contribution in [3.05, 3.63) is 23.3 Å². The standard InChI is InChI=1S/C15H22FNO2/c1-14(2,16)10-8-13(19-4)11(9-12(10)18-3)15(17)6-5-7-15/h8-9H,5-7,17H2,1-4H3. The number of benzene rings is 1. The van der Waals surface area contributed by atoms with Crippen molar-refractivity contribution in [1.82, 2.24) is 0 Å². The van der Waals surface area contributed by atoms with Crippen molar-refractivity contribution in [2.45, 2.75) is 44.3 Å². The molecule has 1 aliphatic carbocycles. The van der Waals surface area contributed by atoms with E-state index in [1.54, 1.807) is 20.3 Å². The Bertz CT molecular complexity index is 476. The number of nitrogens with two attached hydrogens (primary N) is 1. The predicted molar refractivity (Wildman–Crippen MR) is 73.4 cm³/mol. The fraction of sp³-hybridized carbons (Fsp3) is 0.600. The van der Waals surface area contributed by atoms with E-state index in [9.17, 15) is 4.39 Å². The first-order valence-corrected chi connectivity index (χ1v) is 6.56. The minimum Gasteiger partial charge on any atom is -0.496 e. The third-order valence-corrected chi connectivity index (χ3v) is 3.94. The van der Waals surface area contributed by atoms with Crippen molar-refractivity contribution >= 4 is 0 Å². The van der Waals surface area contributed by atoms with Gasteiger partial charge in [-0.05, 0) is 45.2 Å². The van der Waals surface area contributed by atoms with Gasteiger partial charge in [-0.2, -0.15) is 0 Å². The molecule has 3 nitrogen and oxygen atoms in total. The largest absolute Gasteiger partial charge is 0.496 e. The van der Waals surface area contributed by atoms with Crippen LogP contribution in [0.5, 0.6) is 11.5 Å². The van der Waals surface area contributed by atoms with E-state index in [-0.39, 0.29) is 5.54 Å². The number of methoxy groups -OCH3 is 2. The quantitative estimate of drug-likeness (QED) is 0.910. The lowest BCUT2D eigenvalue weighted by Gasteiger charge is -2.40. The van der Waals surface area contributed by atoms with Crippen molar-refractivity contribution in [3.8, 4) is 11.5 Å². The van der Waals surface area contributed by atoms with Crippen LogP contribution >= 0.6 is 0 Å². The van der Waals surface area contributed by atoms with Gasteiger partial charge in [-0.1, -0.05) is 0 Å². The minimum atomic E-state index is -1.49. The summed E-state index contributed by atoms with van der Waals surface area (Å²) in [6.07, 6.45) is 2.95. The molecule has 0 unspecified atom stereocenters. The van der Waals surface area contributed by atoms with Crippen molar-refractivity contribution < 1.29 is 13.9 Å². The van der Waals surface area contributed by atoms with Crippen LogP contribution in [0.25, 0.3) is 0 Å². The van der Waals surface area contributed by atoms with Crippen LogP contribution in [0.4, 0.5) is 4.39 Å². The van der Waals surface area contributed by atoms with Crippen LogP contribution < -0.4 is 15.2 Å². The summed E-state index contributed by atoms with van der Waals surface area (Å²) < 4.78 is 25.0. The number of hydrogen-bond donors (Lipinski definition) is 1. The molecule has 1 aliphatic rings. The molecule has 19 heavy (non-hydrogen) atoms. The molecule has 106 valence electrons. The average Bonchev–Trinajstić information content (AvgIpc) is 2.33. The summed E-state index contributed by atoms with van der Waals surface area (Å²) in [7, 11) is 3.13. The van der Waals surface area contributed by atoms with Gasteiger partial charge in [0.2, 0.25) is 0 Å². The lowest BCUT2D eigenvalue weighted by molar-refractivity contribution is 0.210. The van der Waals surface area contributed by atoms with Gasteiger partial charge >= 0.3 is 0 Å². The molecule has 0 aromatic heterocycles. The van der Waals surface area contributed by atoms with Gasteiger partial charge in [0.15, 0.2) is 0 Å². The lowest BCUT2D eigenvalue weighted by Crippen LogP contribution is -2.43. The third-order valence-electron chi connectivity index (χ3n) is 3.94. The molecular weight excluding hydrogens is 245 g/mol. The second-order valence-electron chi connectivity index (χ2n) is 5.73. The second kappa shape index (κ2) is 4.67. The van der Waals surface area contributed by atoms with Crippen molar-refractivity contribution in [2.24, 2.45) is 5.73 Å². The number of rotatable bonds is 4. The Kier molecular flexibility index (Phi) is 3.47. The van der Waals surface area contributed by atoms with Crippen LogP contribution in [0.2, 0.25) is 0 Å². The van der Waals surface area contributed by atoms with Crippen LogP contribution in [0.15, 0.2) is 12.1 Å². The molecule has 0 spiro atoms. The Morgan fingerprint density at radius 1 is 1.16 bits per heavy atom. The smallest absolute Gasteiger partial charge is 0.134 e. The summed E-state index contributed by atoms with van der Waals surface area (Å²) in [6, 6.07) is 3.54. The van der Waals surface area contributed by atoms with E-state index in [1.807, 2.05) is 6.07 Å². The minimum absolute atomic E-state index is 0.363. The predicted octanol–water partition coefficient (Wildman–Crippen LogP) is 3.25. The third kappa shape index (κ3) is 2.41. The maximum atomic E-state index is 14.2. The first kappa shape index (κ1) is 14.1. The molecule has 4 heteroatoms. The number of hydrogen-bond acceptors (Lipinski definition) is 3. The van der Waals surface area contributed by atoms with Crippen molar-refractivity contribution in [2.75, 3.05) is 14.2 Å². The zero-order valence-electron chi connectivity index (χ0n) is 12.0. The van der Waals surface area contributed by atoms with E-state index in [0.717, 1.165) is 24.8 Å². The summed E-state index contributed by atoms with van der Waals surface area (Å²) >= 11 is 0. The monoisotopic (exact) mass is 267 g/mol. The zero-order valence-corrected chi connectivity index (χ0v) is 12.0. The molecule has 0 saturated heterocycles. The molecule has 0 amide bonds. The highest BCUT2D eigenvalue weighted by Gasteiger charge is 2.38. The van der Waals surface area contributed by atoms with Gasteiger partial charge in [-0.3, -0.25) is 0 Å². The fourth-order valence-corrected chi connectivity index (χ4v) is 2.58. The Hall–Kier alpha value is -1.29. The highest BCUT2D eigenvalue weighted by molar-refractivity contribution is 5.52. The molecule has 1 saturated carbocycles. The van der Waals surface area contributed by atoms with Gasteiger partial charge in [0.25, 0.3) is 0 Å². The maximum absolute atomic E-state index is 14.2. The molecule has 0 bridgehead atoms. The van der Waals surface area contributed by atoms with Crippen LogP contribution in [0.3, 0.4) is 0 Å². The topological polar surface area (TPSA) is 44.5 Å². The van der Waals surface area contributed by atoms with E-state index in [0.29, 0.717) is 17.1 Å². The molecule has 0 radical (unpaired) electrons. The second-order valence-corrected chi connectivity index (χ2v) is 5.73. The lowest BCUT2D eigenvalue weighted by atomic mass is 9.72. The van der Waals surface area contributed by atoms with Gasteiger partial charge in [0, 0.05) is 16.7 Å². The highest BCUT2D eigenvalue weighted by atomic mass is 19.1. The number of ether oxygens (including phenoxy) is 2. The van der Waals surface area contributed by atoms with Gasteiger partial charge in [0.05, 0.1) is 14.2 Å². The molecule has 0 heterocycles. The van der Waals surface area contributed by atoms with E-state index in [1.165, 1.54) is 13.8 Å².